The number of methoxy groups -OCH3 is 2. The summed E-state index contributed by atoms with van der Waals surface area (Å²) in [6, 6.07) is 2.56. The van der Waals surface area contributed by atoms with E-state index in [1.54, 1.807) is 14.2 Å². The van der Waals surface area contributed by atoms with Crippen LogP contribution in [0.25, 0.3) is 0 Å². The maximum Gasteiger partial charge on any atom is 0.127 e. The SMILES string of the molecule is CCC1Cc2c(c(OC)cc(CNCCCO)c2OC)CN1. The van der Waals surface area contributed by atoms with Crippen LogP contribution >= 0.6 is 0 Å². The van der Waals surface area contributed by atoms with Gasteiger partial charge in [-0.05, 0) is 31.9 Å². The molecule has 1 aliphatic rings. The zero-order chi connectivity index (χ0) is 15.9. The van der Waals surface area contributed by atoms with E-state index in [-0.39, 0.29) is 6.61 Å². The molecule has 1 aliphatic heterocycles. The molecule has 5 nitrogen and oxygen atoms in total. The lowest BCUT2D eigenvalue weighted by Gasteiger charge is -2.29. The van der Waals surface area contributed by atoms with Crippen LogP contribution in [0.5, 0.6) is 11.5 Å². The third kappa shape index (κ3) is 3.72. The average molecular weight is 308 g/mol. The highest BCUT2D eigenvalue weighted by molar-refractivity contribution is 5.55. The first-order chi connectivity index (χ1) is 10.7. The molecule has 3 N–H and O–H groups in total. The van der Waals surface area contributed by atoms with Gasteiger partial charge in [-0.25, -0.2) is 0 Å². The molecule has 0 fully saturated rings. The zero-order valence-corrected chi connectivity index (χ0v) is 13.9. The lowest BCUT2D eigenvalue weighted by Crippen LogP contribution is -2.35. The second kappa shape index (κ2) is 8.36. The third-order valence-corrected chi connectivity index (χ3v) is 4.29. The Bertz CT molecular complexity index is 491. The van der Waals surface area contributed by atoms with E-state index in [0.29, 0.717) is 6.04 Å². The summed E-state index contributed by atoms with van der Waals surface area (Å²) < 4.78 is 11.3. The van der Waals surface area contributed by atoms with Crippen LogP contribution in [-0.4, -0.2) is 38.5 Å². The molecule has 1 unspecified atom stereocenters. The quantitative estimate of drug-likeness (QED) is 0.637. The number of ether oxygens (including phenoxy) is 2. The third-order valence-electron chi connectivity index (χ3n) is 4.29. The van der Waals surface area contributed by atoms with E-state index >= 15 is 0 Å². The van der Waals surface area contributed by atoms with E-state index in [1.165, 1.54) is 11.1 Å². The van der Waals surface area contributed by atoms with E-state index in [2.05, 4.69) is 23.6 Å². The van der Waals surface area contributed by atoms with Crippen LogP contribution in [0.15, 0.2) is 6.07 Å². The molecule has 1 aromatic rings. The molecule has 0 spiro atoms. The van der Waals surface area contributed by atoms with Crippen LogP contribution in [0, 0.1) is 0 Å². The number of nitrogens with one attached hydrogen (secondary N) is 2. The first-order valence-electron chi connectivity index (χ1n) is 8.05. The topological polar surface area (TPSA) is 62.8 Å². The number of aliphatic hydroxyl groups is 1. The van der Waals surface area contributed by atoms with Gasteiger partial charge in [0, 0.05) is 42.4 Å². The Kier molecular flexibility index (Phi) is 6.49. The molecule has 0 amide bonds. The molecule has 22 heavy (non-hydrogen) atoms. The van der Waals surface area contributed by atoms with Gasteiger partial charge in [0.15, 0.2) is 0 Å². The first kappa shape index (κ1) is 17.1. The second-order valence-electron chi connectivity index (χ2n) is 5.67. The Morgan fingerprint density at radius 1 is 1.32 bits per heavy atom. The molecule has 0 bridgehead atoms. The maximum absolute atomic E-state index is 8.87. The number of rotatable bonds is 8. The minimum atomic E-state index is 0.210. The van der Waals surface area contributed by atoms with E-state index in [0.717, 1.165) is 56.0 Å². The molecule has 5 heteroatoms. The molecule has 0 saturated heterocycles. The van der Waals surface area contributed by atoms with Gasteiger partial charge in [0.2, 0.25) is 0 Å². The summed E-state index contributed by atoms with van der Waals surface area (Å²) in [6.45, 7) is 4.75. The summed E-state index contributed by atoms with van der Waals surface area (Å²) in [7, 11) is 3.46. The van der Waals surface area contributed by atoms with Crippen LogP contribution in [0.2, 0.25) is 0 Å². The van der Waals surface area contributed by atoms with E-state index in [9.17, 15) is 0 Å². The van der Waals surface area contributed by atoms with Crippen LogP contribution in [0.3, 0.4) is 0 Å². The molecule has 124 valence electrons. The largest absolute Gasteiger partial charge is 0.496 e. The summed E-state index contributed by atoms with van der Waals surface area (Å²) in [5, 5.41) is 15.8. The smallest absolute Gasteiger partial charge is 0.127 e. The van der Waals surface area contributed by atoms with Crippen LogP contribution in [0.1, 0.15) is 36.5 Å². The standard InChI is InChI=1S/C17H28N2O3/c1-4-13-9-14-15(11-19-13)16(21-2)8-12(17(14)22-3)10-18-6-5-7-20/h8,13,18-20H,4-7,9-11H2,1-3H3. The van der Waals surface area contributed by atoms with Gasteiger partial charge < -0.3 is 25.2 Å². The maximum atomic E-state index is 8.87. The fourth-order valence-electron chi connectivity index (χ4n) is 3.05. The summed E-state index contributed by atoms with van der Waals surface area (Å²) >= 11 is 0. The van der Waals surface area contributed by atoms with Gasteiger partial charge in [-0.15, -0.1) is 0 Å². The number of aliphatic hydroxyl groups excluding tert-OH is 1. The van der Waals surface area contributed by atoms with Gasteiger partial charge in [0.25, 0.3) is 0 Å². The van der Waals surface area contributed by atoms with E-state index in [1.807, 2.05) is 0 Å². The highest BCUT2D eigenvalue weighted by atomic mass is 16.5. The molecule has 0 radical (unpaired) electrons. The molecule has 1 heterocycles. The van der Waals surface area contributed by atoms with Crippen molar-refractivity contribution >= 4 is 0 Å². The Morgan fingerprint density at radius 3 is 2.77 bits per heavy atom. The number of benzene rings is 1. The molecule has 0 aliphatic carbocycles. The van der Waals surface area contributed by atoms with Gasteiger partial charge in [0.1, 0.15) is 11.5 Å². The molecule has 0 aromatic heterocycles. The van der Waals surface area contributed by atoms with Crippen molar-refractivity contribution < 1.29 is 14.6 Å². The van der Waals surface area contributed by atoms with Crippen molar-refractivity contribution in [1.29, 1.82) is 0 Å². The van der Waals surface area contributed by atoms with Crippen molar-refractivity contribution in [1.82, 2.24) is 10.6 Å². The number of hydrogen-bond donors (Lipinski definition) is 3. The summed E-state index contributed by atoms with van der Waals surface area (Å²) in [5.74, 6) is 1.91. The normalized spacial score (nSPS) is 17.2. The fourth-order valence-corrected chi connectivity index (χ4v) is 3.05. The summed E-state index contributed by atoms with van der Waals surface area (Å²) in [4.78, 5) is 0. The lowest BCUT2D eigenvalue weighted by molar-refractivity contribution is 0.285. The van der Waals surface area contributed by atoms with Gasteiger partial charge in [-0.2, -0.15) is 0 Å². The Morgan fingerprint density at radius 2 is 2.14 bits per heavy atom. The van der Waals surface area contributed by atoms with Gasteiger partial charge in [0.05, 0.1) is 14.2 Å². The van der Waals surface area contributed by atoms with Crippen molar-refractivity contribution in [3.8, 4) is 11.5 Å². The molecular weight excluding hydrogens is 280 g/mol. The molecule has 0 saturated carbocycles. The van der Waals surface area contributed by atoms with Crippen molar-refractivity contribution in [3.05, 3.63) is 22.8 Å². The predicted molar refractivity (Wildman–Crippen MR) is 87.6 cm³/mol. The fraction of sp³-hybridized carbons (Fsp3) is 0.647. The van der Waals surface area contributed by atoms with Crippen LogP contribution < -0.4 is 20.1 Å². The minimum absolute atomic E-state index is 0.210. The van der Waals surface area contributed by atoms with Gasteiger partial charge in [-0.3, -0.25) is 0 Å². The lowest BCUT2D eigenvalue weighted by atomic mass is 9.90. The van der Waals surface area contributed by atoms with Crippen LogP contribution in [-0.2, 0) is 19.5 Å². The zero-order valence-electron chi connectivity index (χ0n) is 13.9. The number of fused-ring (bicyclic) bond motifs is 1. The minimum Gasteiger partial charge on any atom is -0.496 e. The highest BCUT2D eigenvalue weighted by Crippen LogP contribution is 2.37. The van der Waals surface area contributed by atoms with E-state index in [4.69, 9.17) is 14.6 Å². The first-order valence-corrected chi connectivity index (χ1v) is 8.05. The average Bonchev–Trinajstić information content (AvgIpc) is 2.57. The molecular formula is C17H28N2O3. The summed E-state index contributed by atoms with van der Waals surface area (Å²) in [5.41, 5.74) is 3.60. The van der Waals surface area contributed by atoms with Gasteiger partial charge in [-0.1, -0.05) is 6.92 Å². The second-order valence-corrected chi connectivity index (χ2v) is 5.67. The van der Waals surface area contributed by atoms with E-state index < -0.39 is 0 Å². The van der Waals surface area contributed by atoms with Crippen molar-refractivity contribution in [3.63, 3.8) is 0 Å². The molecule has 2 rings (SSSR count). The number of hydrogen-bond acceptors (Lipinski definition) is 5. The predicted octanol–water partition coefficient (Wildman–Crippen LogP) is 1.60. The van der Waals surface area contributed by atoms with Crippen molar-refractivity contribution in [2.45, 2.75) is 45.3 Å². The van der Waals surface area contributed by atoms with Crippen LogP contribution in [0.4, 0.5) is 0 Å². The molecule has 1 atom stereocenters. The van der Waals surface area contributed by atoms with Gasteiger partial charge >= 0.3 is 0 Å². The monoisotopic (exact) mass is 308 g/mol. The Labute approximate surface area is 133 Å². The van der Waals surface area contributed by atoms with Crippen molar-refractivity contribution in [2.24, 2.45) is 0 Å². The summed E-state index contributed by atoms with van der Waals surface area (Å²) in [6.07, 6.45) is 2.83. The molecule has 1 aromatic carbocycles. The highest BCUT2D eigenvalue weighted by Gasteiger charge is 2.25. The Balaban J connectivity index is 2.29. The van der Waals surface area contributed by atoms with Crippen molar-refractivity contribution in [2.75, 3.05) is 27.4 Å². The Hall–Kier alpha value is -1.30.